The molecule has 31 heavy (non-hydrogen) atoms. The summed E-state index contributed by atoms with van der Waals surface area (Å²) in [5, 5.41) is 3.52. The number of fused-ring (bicyclic) bond motifs is 1. The van der Waals surface area contributed by atoms with E-state index in [4.69, 9.17) is 13.9 Å². The van der Waals surface area contributed by atoms with Gasteiger partial charge in [-0.1, -0.05) is 6.92 Å². The van der Waals surface area contributed by atoms with E-state index < -0.39 is 5.63 Å². The Kier molecular flexibility index (Phi) is 6.18. The first-order valence-corrected chi connectivity index (χ1v) is 10.3. The first kappa shape index (κ1) is 20.9. The van der Waals surface area contributed by atoms with E-state index >= 15 is 0 Å². The van der Waals surface area contributed by atoms with Crippen molar-refractivity contribution >= 4 is 28.4 Å². The van der Waals surface area contributed by atoms with Crippen LogP contribution in [-0.4, -0.2) is 43.8 Å². The van der Waals surface area contributed by atoms with E-state index in [1.165, 1.54) is 6.07 Å². The summed E-state index contributed by atoms with van der Waals surface area (Å²) in [7, 11) is 0. The Balaban J connectivity index is 1.44. The summed E-state index contributed by atoms with van der Waals surface area (Å²) in [6.07, 6.45) is 2.28. The van der Waals surface area contributed by atoms with Gasteiger partial charge in [-0.05, 0) is 48.7 Å². The average molecular weight is 423 g/mol. The summed E-state index contributed by atoms with van der Waals surface area (Å²) in [5.41, 5.74) is 2.36. The lowest BCUT2D eigenvalue weighted by atomic mass is 10.1. The van der Waals surface area contributed by atoms with Crippen LogP contribution in [0.4, 0.5) is 11.5 Å². The molecule has 162 valence electrons. The van der Waals surface area contributed by atoms with E-state index in [1.807, 2.05) is 32.0 Å². The van der Waals surface area contributed by atoms with Crippen LogP contribution in [0.5, 0.6) is 5.75 Å². The zero-order valence-electron chi connectivity index (χ0n) is 17.6. The zero-order chi connectivity index (χ0) is 21.8. The first-order chi connectivity index (χ1) is 15.0. The molecule has 1 saturated heterocycles. The summed E-state index contributed by atoms with van der Waals surface area (Å²) in [5.74, 6) is 1.08. The van der Waals surface area contributed by atoms with Crippen LogP contribution in [0, 0.1) is 6.92 Å². The summed E-state index contributed by atoms with van der Waals surface area (Å²) in [4.78, 5) is 30.8. The quantitative estimate of drug-likeness (QED) is 0.609. The van der Waals surface area contributed by atoms with Crippen molar-refractivity contribution in [3.05, 3.63) is 58.1 Å². The van der Waals surface area contributed by atoms with Crippen molar-refractivity contribution in [1.82, 2.24) is 4.98 Å². The number of hydrogen-bond donors (Lipinski definition) is 1. The standard InChI is InChI=1S/C23H25N3O5/c1-3-16-12-22(28)31-19-11-15(2)10-18(23(16)19)30-14-21(27)25-17-4-5-20(24-13-17)26-6-8-29-9-7-26/h4-5,10-13H,3,6-9,14H2,1-2H3,(H,25,27). The molecule has 0 radical (unpaired) electrons. The van der Waals surface area contributed by atoms with E-state index in [2.05, 4.69) is 15.2 Å². The zero-order valence-corrected chi connectivity index (χ0v) is 17.6. The monoisotopic (exact) mass is 423 g/mol. The van der Waals surface area contributed by atoms with Crippen LogP contribution in [0.15, 0.2) is 45.7 Å². The lowest BCUT2D eigenvalue weighted by Gasteiger charge is -2.27. The Morgan fingerprint density at radius 2 is 2.03 bits per heavy atom. The van der Waals surface area contributed by atoms with Crippen molar-refractivity contribution in [3.8, 4) is 5.75 Å². The summed E-state index contributed by atoms with van der Waals surface area (Å²) in [6.45, 7) is 6.65. The third-order valence-electron chi connectivity index (χ3n) is 5.14. The number of carbonyl (C=O) groups excluding carboxylic acids is 1. The van der Waals surface area contributed by atoms with Crippen molar-refractivity contribution in [2.75, 3.05) is 43.1 Å². The number of nitrogens with zero attached hydrogens (tertiary/aromatic N) is 2. The second kappa shape index (κ2) is 9.18. The smallest absolute Gasteiger partial charge is 0.336 e. The van der Waals surface area contributed by atoms with Gasteiger partial charge in [-0.3, -0.25) is 4.79 Å². The Bertz CT molecular complexity index is 1130. The molecule has 0 saturated carbocycles. The average Bonchev–Trinajstić information content (AvgIpc) is 2.77. The highest BCUT2D eigenvalue weighted by atomic mass is 16.5. The molecule has 0 spiro atoms. The molecule has 1 aromatic carbocycles. The van der Waals surface area contributed by atoms with Gasteiger partial charge in [0.2, 0.25) is 0 Å². The fraction of sp³-hybridized carbons (Fsp3) is 0.348. The Hall–Kier alpha value is -3.39. The lowest BCUT2D eigenvalue weighted by molar-refractivity contribution is -0.118. The SMILES string of the molecule is CCc1cc(=O)oc2cc(C)cc(OCC(=O)Nc3ccc(N4CCOCC4)nc3)c12. The summed E-state index contributed by atoms with van der Waals surface area (Å²) >= 11 is 0. The summed E-state index contributed by atoms with van der Waals surface area (Å²) < 4.78 is 16.5. The highest BCUT2D eigenvalue weighted by Gasteiger charge is 2.14. The molecule has 0 bridgehead atoms. The molecule has 3 heterocycles. The number of pyridine rings is 1. The molecule has 1 aliphatic heterocycles. The second-order valence-electron chi connectivity index (χ2n) is 7.42. The topological polar surface area (TPSA) is 93.9 Å². The van der Waals surface area contributed by atoms with Crippen LogP contribution in [0.25, 0.3) is 11.0 Å². The third kappa shape index (κ3) is 4.86. The molecule has 1 aliphatic rings. The molecular weight excluding hydrogens is 398 g/mol. The number of nitrogens with one attached hydrogen (secondary N) is 1. The lowest BCUT2D eigenvalue weighted by Crippen LogP contribution is -2.36. The molecular formula is C23H25N3O5. The van der Waals surface area contributed by atoms with E-state index in [-0.39, 0.29) is 12.5 Å². The van der Waals surface area contributed by atoms with Gasteiger partial charge >= 0.3 is 5.63 Å². The van der Waals surface area contributed by atoms with Gasteiger partial charge in [-0.2, -0.15) is 0 Å². The van der Waals surface area contributed by atoms with Gasteiger partial charge in [0.25, 0.3) is 5.91 Å². The molecule has 1 amide bonds. The Labute approximate surface area is 179 Å². The minimum absolute atomic E-state index is 0.175. The van der Waals surface area contributed by atoms with E-state index in [0.29, 0.717) is 36.7 Å². The number of amides is 1. The van der Waals surface area contributed by atoms with Crippen LogP contribution >= 0.6 is 0 Å². The van der Waals surface area contributed by atoms with Gasteiger partial charge in [0.1, 0.15) is 17.2 Å². The van der Waals surface area contributed by atoms with Gasteiger partial charge < -0.3 is 24.1 Å². The third-order valence-corrected chi connectivity index (χ3v) is 5.14. The van der Waals surface area contributed by atoms with Gasteiger partial charge in [0.15, 0.2) is 6.61 Å². The number of hydrogen-bond acceptors (Lipinski definition) is 7. The van der Waals surface area contributed by atoms with E-state index in [0.717, 1.165) is 35.4 Å². The molecule has 1 N–H and O–H groups in total. The number of aromatic nitrogens is 1. The number of carbonyl (C=O) groups is 1. The molecule has 1 fully saturated rings. The predicted molar refractivity (Wildman–Crippen MR) is 118 cm³/mol. The molecule has 0 atom stereocenters. The Morgan fingerprint density at radius 3 is 2.74 bits per heavy atom. The van der Waals surface area contributed by atoms with E-state index in [9.17, 15) is 9.59 Å². The number of rotatable bonds is 6. The van der Waals surface area contributed by atoms with Crippen LogP contribution in [0.2, 0.25) is 0 Å². The largest absolute Gasteiger partial charge is 0.483 e. The highest BCUT2D eigenvalue weighted by Crippen LogP contribution is 2.30. The number of morpholine rings is 1. The molecule has 3 aromatic rings. The fourth-order valence-electron chi connectivity index (χ4n) is 3.64. The molecule has 4 rings (SSSR count). The van der Waals surface area contributed by atoms with Crippen LogP contribution < -0.4 is 20.6 Å². The summed E-state index contributed by atoms with van der Waals surface area (Å²) in [6, 6.07) is 8.80. The Morgan fingerprint density at radius 1 is 1.23 bits per heavy atom. The first-order valence-electron chi connectivity index (χ1n) is 10.3. The molecule has 0 aliphatic carbocycles. The van der Waals surface area contributed by atoms with Crippen molar-refractivity contribution in [1.29, 1.82) is 0 Å². The van der Waals surface area contributed by atoms with Crippen molar-refractivity contribution in [3.63, 3.8) is 0 Å². The minimum Gasteiger partial charge on any atom is -0.483 e. The van der Waals surface area contributed by atoms with Crippen molar-refractivity contribution < 1.29 is 18.7 Å². The highest BCUT2D eigenvalue weighted by molar-refractivity contribution is 5.93. The normalized spacial score (nSPS) is 13.9. The van der Waals surface area contributed by atoms with Crippen molar-refractivity contribution in [2.45, 2.75) is 20.3 Å². The van der Waals surface area contributed by atoms with Gasteiger partial charge in [-0.15, -0.1) is 0 Å². The minimum atomic E-state index is -0.397. The van der Waals surface area contributed by atoms with E-state index in [1.54, 1.807) is 12.3 Å². The number of ether oxygens (including phenoxy) is 2. The number of benzene rings is 1. The van der Waals surface area contributed by atoms with Gasteiger partial charge in [-0.25, -0.2) is 9.78 Å². The van der Waals surface area contributed by atoms with Gasteiger partial charge in [0.05, 0.1) is 30.5 Å². The maximum Gasteiger partial charge on any atom is 0.336 e. The van der Waals surface area contributed by atoms with Crippen molar-refractivity contribution in [2.24, 2.45) is 0 Å². The number of aryl methyl sites for hydroxylation is 2. The molecule has 0 unspecified atom stereocenters. The van der Waals surface area contributed by atoms with Crippen LogP contribution in [0.3, 0.4) is 0 Å². The fourth-order valence-corrected chi connectivity index (χ4v) is 3.64. The van der Waals surface area contributed by atoms with Crippen LogP contribution in [-0.2, 0) is 16.0 Å². The molecule has 8 heteroatoms. The number of anilines is 2. The second-order valence-corrected chi connectivity index (χ2v) is 7.42. The van der Waals surface area contributed by atoms with Crippen LogP contribution in [0.1, 0.15) is 18.1 Å². The predicted octanol–water partition coefficient (Wildman–Crippen LogP) is 2.91. The molecule has 2 aromatic heterocycles. The van der Waals surface area contributed by atoms with Gasteiger partial charge in [0, 0.05) is 19.2 Å². The molecule has 8 nitrogen and oxygen atoms in total. The maximum atomic E-state index is 12.4. The maximum absolute atomic E-state index is 12.4.